The second-order valence-corrected chi connectivity index (χ2v) is 5.24. The van der Waals surface area contributed by atoms with E-state index in [1.807, 2.05) is 0 Å². The molecule has 18 heavy (non-hydrogen) atoms. The lowest BCUT2D eigenvalue weighted by atomic mass is 10.1. The van der Waals surface area contributed by atoms with E-state index >= 15 is 0 Å². The van der Waals surface area contributed by atoms with Crippen molar-refractivity contribution < 1.29 is 17.4 Å². The molecule has 0 amide bonds. The summed E-state index contributed by atoms with van der Waals surface area (Å²) in [7, 11) is -1.00. The molecule has 6 heteroatoms. The second kappa shape index (κ2) is 6.70. The van der Waals surface area contributed by atoms with Crippen molar-refractivity contribution >= 4 is 16.9 Å². The molecule has 0 fully saturated rings. The van der Waals surface area contributed by atoms with Crippen LogP contribution in [0.25, 0.3) is 6.08 Å². The average Bonchev–Trinajstić information content (AvgIpc) is 2.29. The number of benzene rings is 1. The summed E-state index contributed by atoms with van der Waals surface area (Å²) in [5, 5.41) is 0. The molecule has 1 aromatic carbocycles. The minimum Gasteiger partial charge on any atom is -0.330 e. The summed E-state index contributed by atoms with van der Waals surface area (Å²) in [6.07, 6.45) is -0.992. The first-order chi connectivity index (χ1) is 8.43. The van der Waals surface area contributed by atoms with Crippen molar-refractivity contribution in [3.63, 3.8) is 0 Å². The van der Waals surface area contributed by atoms with Gasteiger partial charge in [0.2, 0.25) is 0 Å². The van der Waals surface area contributed by atoms with Crippen molar-refractivity contribution in [1.29, 1.82) is 0 Å². The number of nitrogens with two attached hydrogens (primary N) is 1. The summed E-state index contributed by atoms with van der Waals surface area (Å²) in [5.41, 5.74) is 5.22. The minimum atomic E-state index is -4.31. The number of halogens is 3. The van der Waals surface area contributed by atoms with E-state index in [1.165, 1.54) is 12.1 Å². The molecular weight excluding hydrogens is 263 g/mol. The molecular formula is C12H14F3NOS. The molecule has 0 radical (unpaired) electrons. The zero-order valence-electron chi connectivity index (χ0n) is 9.61. The summed E-state index contributed by atoms with van der Waals surface area (Å²) in [6.45, 7) is 0.362. The van der Waals surface area contributed by atoms with Gasteiger partial charge in [0.15, 0.2) is 0 Å². The van der Waals surface area contributed by atoms with E-state index in [1.54, 1.807) is 12.2 Å². The van der Waals surface area contributed by atoms with Crippen LogP contribution < -0.4 is 5.73 Å². The van der Waals surface area contributed by atoms with Crippen LogP contribution in [0.5, 0.6) is 0 Å². The zero-order chi connectivity index (χ0) is 13.6. The molecule has 0 aliphatic carbocycles. The quantitative estimate of drug-likeness (QED) is 0.898. The van der Waals surface area contributed by atoms with E-state index in [0.717, 1.165) is 12.1 Å². The first kappa shape index (κ1) is 14.9. The number of rotatable bonds is 5. The smallest absolute Gasteiger partial charge is 0.330 e. The molecule has 1 unspecified atom stereocenters. The highest BCUT2D eigenvalue weighted by Crippen LogP contribution is 2.29. The Morgan fingerprint density at radius 3 is 2.33 bits per heavy atom. The van der Waals surface area contributed by atoms with Gasteiger partial charge in [-0.05, 0) is 17.7 Å². The van der Waals surface area contributed by atoms with Crippen LogP contribution in [0.4, 0.5) is 13.2 Å². The Hall–Kier alpha value is -1.14. The van der Waals surface area contributed by atoms with Crippen molar-refractivity contribution in [1.82, 2.24) is 0 Å². The van der Waals surface area contributed by atoms with Gasteiger partial charge in [0, 0.05) is 28.9 Å². The van der Waals surface area contributed by atoms with Crippen molar-refractivity contribution in [3.8, 4) is 0 Å². The number of hydrogen-bond acceptors (Lipinski definition) is 2. The zero-order valence-corrected chi connectivity index (χ0v) is 10.4. The van der Waals surface area contributed by atoms with Crippen LogP contribution in [0, 0.1) is 0 Å². The van der Waals surface area contributed by atoms with Crippen LogP contribution in [0.1, 0.15) is 11.1 Å². The largest absolute Gasteiger partial charge is 0.416 e. The Morgan fingerprint density at radius 1 is 1.22 bits per heavy atom. The van der Waals surface area contributed by atoms with Crippen molar-refractivity contribution in [2.75, 3.05) is 18.1 Å². The van der Waals surface area contributed by atoms with E-state index in [-0.39, 0.29) is 0 Å². The number of alkyl halides is 3. The fourth-order valence-electron chi connectivity index (χ4n) is 1.29. The van der Waals surface area contributed by atoms with Gasteiger partial charge in [-0.1, -0.05) is 24.3 Å². The van der Waals surface area contributed by atoms with Gasteiger partial charge in [-0.3, -0.25) is 4.21 Å². The lowest BCUT2D eigenvalue weighted by Gasteiger charge is -2.05. The molecule has 100 valence electrons. The number of hydrogen-bond donors (Lipinski definition) is 1. The Bertz CT molecular complexity index is 426. The molecule has 0 spiro atoms. The SMILES string of the molecule is NCCS(=O)C/C=C/c1ccc(C(F)(F)F)cc1. The van der Waals surface area contributed by atoms with Gasteiger partial charge in [0.1, 0.15) is 0 Å². The fraction of sp³-hybridized carbons (Fsp3) is 0.333. The summed E-state index contributed by atoms with van der Waals surface area (Å²) in [6, 6.07) is 4.81. The molecule has 1 aromatic rings. The Labute approximate surface area is 106 Å². The maximum atomic E-state index is 12.3. The molecule has 0 bridgehead atoms. The minimum absolute atomic E-state index is 0.359. The molecule has 0 heterocycles. The molecule has 2 nitrogen and oxygen atoms in total. The topological polar surface area (TPSA) is 43.1 Å². The van der Waals surface area contributed by atoms with Crippen LogP contribution in [0.2, 0.25) is 0 Å². The molecule has 0 aromatic heterocycles. The fourth-order valence-corrected chi connectivity index (χ4v) is 2.03. The second-order valence-electron chi connectivity index (χ2n) is 3.62. The third-order valence-electron chi connectivity index (χ3n) is 2.18. The van der Waals surface area contributed by atoms with Gasteiger partial charge >= 0.3 is 6.18 Å². The van der Waals surface area contributed by atoms with Gasteiger partial charge in [-0.15, -0.1) is 0 Å². The summed E-state index contributed by atoms with van der Waals surface area (Å²) < 4.78 is 48.1. The maximum Gasteiger partial charge on any atom is 0.416 e. The Kier molecular flexibility index (Phi) is 5.55. The van der Waals surface area contributed by atoms with Crippen LogP contribution in [0.15, 0.2) is 30.3 Å². The van der Waals surface area contributed by atoms with Crippen LogP contribution in [-0.4, -0.2) is 22.3 Å². The van der Waals surface area contributed by atoms with E-state index in [0.29, 0.717) is 23.6 Å². The van der Waals surface area contributed by atoms with Crippen LogP contribution in [-0.2, 0) is 17.0 Å². The Balaban J connectivity index is 2.59. The monoisotopic (exact) mass is 277 g/mol. The van der Waals surface area contributed by atoms with Crippen molar-refractivity contribution in [2.24, 2.45) is 5.73 Å². The first-order valence-electron chi connectivity index (χ1n) is 5.32. The third kappa shape index (κ3) is 5.01. The summed E-state index contributed by atoms with van der Waals surface area (Å²) in [4.78, 5) is 0. The van der Waals surface area contributed by atoms with Crippen molar-refractivity contribution in [3.05, 3.63) is 41.5 Å². The average molecular weight is 277 g/mol. The molecule has 0 aliphatic heterocycles. The normalized spacial score (nSPS) is 14.0. The standard InChI is InChI=1S/C12H14F3NOS/c13-12(14,15)11-5-3-10(4-6-11)2-1-8-18(17)9-7-16/h1-6H,7-9,16H2/b2-1+. The molecule has 1 rings (SSSR count). The molecule has 2 N–H and O–H groups in total. The van der Waals surface area contributed by atoms with Gasteiger partial charge < -0.3 is 5.73 Å². The van der Waals surface area contributed by atoms with Gasteiger partial charge in [-0.25, -0.2) is 0 Å². The third-order valence-corrected chi connectivity index (χ3v) is 3.43. The summed E-state index contributed by atoms with van der Waals surface area (Å²) >= 11 is 0. The van der Waals surface area contributed by atoms with Gasteiger partial charge in [0.05, 0.1) is 5.56 Å². The van der Waals surface area contributed by atoms with Crippen molar-refractivity contribution in [2.45, 2.75) is 6.18 Å². The lowest BCUT2D eigenvalue weighted by molar-refractivity contribution is -0.137. The molecule has 1 atom stereocenters. The van der Waals surface area contributed by atoms with E-state index in [4.69, 9.17) is 5.73 Å². The van der Waals surface area contributed by atoms with Crippen LogP contribution >= 0.6 is 0 Å². The first-order valence-corrected chi connectivity index (χ1v) is 6.81. The maximum absolute atomic E-state index is 12.3. The highest BCUT2D eigenvalue weighted by Gasteiger charge is 2.29. The predicted octanol–water partition coefficient (Wildman–Crippen LogP) is 2.43. The predicted molar refractivity (Wildman–Crippen MR) is 67.4 cm³/mol. The van der Waals surface area contributed by atoms with Gasteiger partial charge in [-0.2, -0.15) is 13.2 Å². The van der Waals surface area contributed by atoms with E-state index in [9.17, 15) is 17.4 Å². The van der Waals surface area contributed by atoms with E-state index in [2.05, 4.69) is 0 Å². The lowest BCUT2D eigenvalue weighted by Crippen LogP contribution is -2.11. The summed E-state index contributed by atoms with van der Waals surface area (Å²) in [5.74, 6) is 0.787. The molecule has 0 aliphatic rings. The van der Waals surface area contributed by atoms with Crippen LogP contribution in [0.3, 0.4) is 0 Å². The highest BCUT2D eigenvalue weighted by atomic mass is 32.2. The molecule has 0 saturated carbocycles. The van der Waals surface area contributed by atoms with Gasteiger partial charge in [0.25, 0.3) is 0 Å². The Morgan fingerprint density at radius 2 is 1.83 bits per heavy atom. The van der Waals surface area contributed by atoms with E-state index < -0.39 is 22.5 Å². The highest BCUT2D eigenvalue weighted by molar-refractivity contribution is 7.85. The molecule has 0 saturated heterocycles.